The molecule has 11 nitrogen and oxygen atoms in total. The van der Waals surface area contributed by atoms with Crippen LogP contribution in [0, 0.1) is 0 Å². The lowest BCUT2D eigenvalue weighted by atomic mass is 10.0. The van der Waals surface area contributed by atoms with E-state index in [1.807, 2.05) is 30.3 Å². The number of carbonyl (C=O) groups is 5. The van der Waals surface area contributed by atoms with E-state index in [0.717, 1.165) is 11.1 Å². The molecule has 1 saturated heterocycles. The first-order valence-electron chi connectivity index (χ1n) is 14.2. The average molecular weight is 598 g/mol. The Hall–Kier alpha value is -5.45. The SMILES string of the molecule is C[C@@H]1NC(=O)/C(=C\c2ccccc2)NC(=O)[C@H](C)NC(=O)[C@H](Cc2ccc(OCc3ccccc3)cc2)NC(=O)CNC1=O. The fourth-order valence-corrected chi connectivity index (χ4v) is 4.31. The topological polar surface area (TPSA) is 155 Å². The van der Waals surface area contributed by atoms with Crippen molar-refractivity contribution in [2.75, 3.05) is 6.54 Å². The standard InChI is InChI=1S/C33H35N5O6/c1-21-30(40)34-19-29(39)37-27(18-24-13-15-26(16-14-24)44-20-25-11-7-4-8-12-25)32(42)36-22(2)31(41)38-28(33(43)35-21)17-23-9-5-3-6-10-23/h3-17,21-22,27H,18-20H2,1-2H3,(H,34,40)(H,35,43)(H,36,42)(H,37,39)(H,38,41)/b28-17+/t21-,22-,27-/m0/s1. The van der Waals surface area contributed by atoms with Gasteiger partial charge in [0.25, 0.3) is 5.91 Å². The molecule has 1 fully saturated rings. The molecule has 1 aliphatic rings. The minimum absolute atomic E-state index is 0.106. The van der Waals surface area contributed by atoms with Crippen LogP contribution in [0.5, 0.6) is 5.75 Å². The molecule has 228 valence electrons. The van der Waals surface area contributed by atoms with Crippen molar-refractivity contribution in [1.82, 2.24) is 26.6 Å². The number of ether oxygens (including phenoxy) is 1. The number of rotatable bonds is 6. The van der Waals surface area contributed by atoms with Gasteiger partial charge in [0, 0.05) is 6.42 Å². The Morgan fingerprint density at radius 3 is 2.02 bits per heavy atom. The minimum atomic E-state index is -1.06. The highest BCUT2D eigenvalue weighted by Crippen LogP contribution is 2.16. The number of amides is 5. The lowest BCUT2D eigenvalue weighted by Crippen LogP contribution is -2.54. The van der Waals surface area contributed by atoms with E-state index < -0.39 is 54.2 Å². The summed E-state index contributed by atoms with van der Waals surface area (Å²) in [4.78, 5) is 64.8. The first-order valence-corrected chi connectivity index (χ1v) is 14.2. The molecule has 0 spiro atoms. The molecule has 0 aliphatic carbocycles. The predicted octanol–water partition coefficient (Wildman–Crippen LogP) is 1.59. The van der Waals surface area contributed by atoms with E-state index in [2.05, 4.69) is 26.6 Å². The molecule has 0 unspecified atom stereocenters. The number of carbonyl (C=O) groups excluding carboxylic acids is 5. The van der Waals surface area contributed by atoms with Crippen molar-refractivity contribution >= 4 is 35.6 Å². The van der Waals surface area contributed by atoms with Gasteiger partial charge in [-0.15, -0.1) is 0 Å². The van der Waals surface area contributed by atoms with Gasteiger partial charge in [0.05, 0.1) is 6.54 Å². The van der Waals surface area contributed by atoms with Gasteiger partial charge in [-0.05, 0) is 48.7 Å². The molecule has 3 atom stereocenters. The fraction of sp³-hybridized carbons (Fsp3) is 0.242. The highest BCUT2D eigenvalue weighted by Gasteiger charge is 2.28. The molecule has 0 aromatic heterocycles. The molecule has 3 aromatic rings. The molecular weight excluding hydrogens is 562 g/mol. The van der Waals surface area contributed by atoms with Crippen molar-refractivity contribution in [3.63, 3.8) is 0 Å². The monoisotopic (exact) mass is 597 g/mol. The molecule has 44 heavy (non-hydrogen) atoms. The van der Waals surface area contributed by atoms with Gasteiger partial charge in [-0.25, -0.2) is 0 Å². The number of nitrogens with one attached hydrogen (secondary N) is 5. The maximum Gasteiger partial charge on any atom is 0.268 e. The minimum Gasteiger partial charge on any atom is -0.489 e. The summed E-state index contributed by atoms with van der Waals surface area (Å²) in [6.07, 6.45) is 1.57. The van der Waals surface area contributed by atoms with Gasteiger partial charge in [0.2, 0.25) is 23.6 Å². The van der Waals surface area contributed by atoms with Crippen molar-refractivity contribution in [2.45, 2.75) is 45.0 Å². The smallest absolute Gasteiger partial charge is 0.268 e. The molecule has 5 amide bonds. The van der Waals surface area contributed by atoms with Crippen molar-refractivity contribution in [2.24, 2.45) is 0 Å². The second-order valence-electron chi connectivity index (χ2n) is 10.3. The van der Waals surface area contributed by atoms with Crippen molar-refractivity contribution in [1.29, 1.82) is 0 Å². The largest absolute Gasteiger partial charge is 0.489 e. The zero-order chi connectivity index (χ0) is 31.5. The molecular formula is C33H35N5O6. The van der Waals surface area contributed by atoms with E-state index in [4.69, 9.17) is 4.74 Å². The van der Waals surface area contributed by atoms with E-state index in [1.54, 1.807) is 54.6 Å². The number of hydrogen-bond acceptors (Lipinski definition) is 6. The maximum atomic E-state index is 13.3. The summed E-state index contributed by atoms with van der Waals surface area (Å²) < 4.78 is 5.83. The molecule has 0 saturated carbocycles. The Labute approximate surface area is 255 Å². The van der Waals surface area contributed by atoms with Gasteiger partial charge in [0.15, 0.2) is 0 Å². The summed E-state index contributed by atoms with van der Waals surface area (Å²) >= 11 is 0. The van der Waals surface area contributed by atoms with Crippen LogP contribution in [0.15, 0.2) is 90.6 Å². The highest BCUT2D eigenvalue weighted by molar-refractivity contribution is 6.04. The molecule has 0 bridgehead atoms. The summed E-state index contributed by atoms with van der Waals surface area (Å²) in [5.74, 6) is -2.58. The summed E-state index contributed by atoms with van der Waals surface area (Å²) in [5, 5.41) is 12.8. The summed E-state index contributed by atoms with van der Waals surface area (Å²) in [6.45, 7) is 2.90. The highest BCUT2D eigenvalue weighted by atomic mass is 16.5. The van der Waals surface area contributed by atoms with E-state index in [9.17, 15) is 24.0 Å². The van der Waals surface area contributed by atoms with Gasteiger partial charge in [-0.2, -0.15) is 0 Å². The quantitative estimate of drug-likeness (QED) is 0.272. The molecule has 0 radical (unpaired) electrons. The fourth-order valence-electron chi connectivity index (χ4n) is 4.31. The van der Waals surface area contributed by atoms with Gasteiger partial charge in [-0.1, -0.05) is 72.8 Å². The van der Waals surface area contributed by atoms with Crippen molar-refractivity contribution in [3.05, 3.63) is 107 Å². The second-order valence-corrected chi connectivity index (χ2v) is 10.3. The third-order valence-corrected chi connectivity index (χ3v) is 6.79. The van der Waals surface area contributed by atoms with Crippen LogP contribution in [0.2, 0.25) is 0 Å². The lowest BCUT2D eigenvalue weighted by Gasteiger charge is -2.21. The van der Waals surface area contributed by atoms with Crippen LogP contribution in [-0.2, 0) is 37.0 Å². The molecule has 1 aliphatic heterocycles. The first kappa shape index (κ1) is 31.5. The zero-order valence-electron chi connectivity index (χ0n) is 24.5. The van der Waals surface area contributed by atoms with E-state index in [0.29, 0.717) is 17.9 Å². The predicted molar refractivity (Wildman–Crippen MR) is 164 cm³/mol. The number of hydrogen-bond donors (Lipinski definition) is 5. The molecule has 5 N–H and O–H groups in total. The van der Waals surface area contributed by atoms with Crippen molar-refractivity contribution < 1.29 is 28.7 Å². The lowest BCUT2D eigenvalue weighted by molar-refractivity contribution is -0.132. The van der Waals surface area contributed by atoms with E-state index in [1.165, 1.54) is 19.9 Å². The van der Waals surface area contributed by atoms with Gasteiger partial charge in [0.1, 0.15) is 36.2 Å². The average Bonchev–Trinajstić information content (AvgIpc) is 3.03. The van der Waals surface area contributed by atoms with Crippen LogP contribution in [0.25, 0.3) is 6.08 Å². The van der Waals surface area contributed by atoms with Gasteiger partial charge in [-0.3, -0.25) is 24.0 Å². The van der Waals surface area contributed by atoms with Crippen LogP contribution in [-0.4, -0.2) is 54.2 Å². The Morgan fingerprint density at radius 2 is 1.34 bits per heavy atom. The van der Waals surface area contributed by atoms with Crippen LogP contribution < -0.4 is 31.3 Å². The van der Waals surface area contributed by atoms with Gasteiger partial charge >= 0.3 is 0 Å². The first-order chi connectivity index (χ1) is 21.2. The van der Waals surface area contributed by atoms with E-state index >= 15 is 0 Å². The molecule has 11 heteroatoms. The Kier molecular flexibility index (Phi) is 10.8. The van der Waals surface area contributed by atoms with Gasteiger partial charge < -0.3 is 31.3 Å². The Morgan fingerprint density at radius 1 is 0.705 bits per heavy atom. The Balaban J connectivity index is 1.50. The third kappa shape index (κ3) is 9.28. The molecule has 1 heterocycles. The summed E-state index contributed by atoms with van der Waals surface area (Å²) in [7, 11) is 0. The summed E-state index contributed by atoms with van der Waals surface area (Å²) in [5.41, 5.74) is 2.27. The van der Waals surface area contributed by atoms with Crippen LogP contribution in [0.1, 0.15) is 30.5 Å². The van der Waals surface area contributed by atoms with Crippen LogP contribution >= 0.6 is 0 Å². The second kappa shape index (κ2) is 15.1. The zero-order valence-corrected chi connectivity index (χ0v) is 24.5. The normalized spacial score (nSPS) is 21.1. The molecule has 4 rings (SSSR count). The number of benzene rings is 3. The van der Waals surface area contributed by atoms with Crippen LogP contribution in [0.4, 0.5) is 0 Å². The van der Waals surface area contributed by atoms with Crippen LogP contribution in [0.3, 0.4) is 0 Å². The van der Waals surface area contributed by atoms with Crippen molar-refractivity contribution in [3.8, 4) is 5.75 Å². The summed E-state index contributed by atoms with van der Waals surface area (Å²) in [6, 6.07) is 22.5. The van der Waals surface area contributed by atoms with E-state index in [-0.39, 0.29) is 12.1 Å². The maximum absolute atomic E-state index is 13.3. The third-order valence-electron chi connectivity index (χ3n) is 6.79. The Bertz CT molecular complexity index is 1510. The molecule has 3 aromatic carbocycles.